The molecule has 32 heavy (non-hydrogen) atoms. The molecule has 3 heterocycles. The minimum absolute atomic E-state index is 0.214. The van der Waals surface area contributed by atoms with Gasteiger partial charge in [-0.2, -0.15) is 0 Å². The number of thioether (sulfide) groups is 1. The SMILES string of the molecule is CCc1ccc(CC)c(-c2nonc2NC(=O)CN2C(=O)/C(=C/c3cccs3)SC2=S)c1. The molecule has 1 aromatic carbocycles. The Labute approximate surface area is 198 Å². The average molecular weight is 485 g/mol. The maximum atomic E-state index is 12.7. The van der Waals surface area contributed by atoms with Crippen LogP contribution in [-0.4, -0.2) is 37.9 Å². The van der Waals surface area contributed by atoms with E-state index >= 15 is 0 Å². The van der Waals surface area contributed by atoms with Crippen LogP contribution < -0.4 is 5.32 Å². The lowest BCUT2D eigenvalue weighted by Gasteiger charge is -2.14. The molecule has 1 saturated heterocycles. The Bertz CT molecular complexity index is 1200. The molecular weight excluding hydrogens is 464 g/mol. The van der Waals surface area contributed by atoms with Gasteiger partial charge in [0.1, 0.15) is 10.9 Å². The molecule has 0 spiro atoms. The van der Waals surface area contributed by atoms with Gasteiger partial charge in [-0.1, -0.05) is 56.0 Å². The number of nitrogens with zero attached hydrogens (tertiary/aromatic N) is 3. The molecule has 0 atom stereocenters. The molecular formula is C22H20N4O3S3. The van der Waals surface area contributed by atoms with Crippen molar-refractivity contribution < 1.29 is 14.2 Å². The smallest absolute Gasteiger partial charge is 0.266 e. The van der Waals surface area contributed by atoms with Gasteiger partial charge in [0, 0.05) is 10.4 Å². The fraction of sp³-hybridized carbons (Fsp3) is 0.227. The number of carbonyl (C=O) groups is 2. The van der Waals surface area contributed by atoms with Crippen LogP contribution in [-0.2, 0) is 22.4 Å². The number of thiophene rings is 1. The first kappa shape index (κ1) is 22.4. The molecule has 1 aliphatic heterocycles. The molecule has 1 fully saturated rings. The van der Waals surface area contributed by atoms with Crippen molar-refractivity contribution in [1.29, 1.82) is 0 Å². The summed E-state index contributed by atoms with van der Waals surface area (Å²) in [5.41, 5.74) is 3.55. The van der Waals surface area contributed by atoms with Crippen molar-refractivity contribution in [2.45, 2.75) is 26.7 Å². The van der Waals surface area contributed by atoms with E-state index in [4.69, 9.17) is 16.8 Å². The summed E-state index contributed by atoms with van der Waals surface area (Å²) in [5.74, 6) is -0.496. The number of anilines is 1. The number of benzene rings is 1. The number of carbonyl (C=O) groups excluding carboxylic acids is 2. The summed E-state index contributed by atoms with van der Waals surface area (Å²) < 4.78 is 5.27. The molecule has 3 aromatic rings. The number of aryl methyl sites for hydroxylation is 2. The number of hydrogen-bond donors (Lipinski definition) is 1. The summed E-state index contributed by atoms with van der Waals surface area (Å²) >= 11 is 8.04. The topological polar surface area (TPSA) is 88.3 Å². The van der Waals surface area contributed by atoms with Gasteiger partial charge in [0.05, 0.1) is 4.91 Å². The van der Waals surface area contributed by atoms with Gasteiger partial charge in [-0.05, 0) is 57.9 Å². The van der Waals surface area contributed by atoms with E-state index in [1.54, 1.807) is 6.08 Å². The third kappa shape index (κ3) is 4.67. The number of amides is 2. The van der Waals surface area contributed by atoms with E-state index in [0.29, 0.717) is 14.9 Å². The molecule has 4 rings (SSSR count). The average Bonchev–Trinajstić information content (AvgIpc) is 3.52. The molecule has 7 nitrogen and oxygen atoms in total. The first-order chi connectivity index (χ1) is 15.5. The highest BCUT2D eigenvalue weighted by atomic mass is 32.2. The second kappa shape index (κ2) is 9.76. The van der Waals surface area contributed by atoms with Crippen LogP contribution in [0.5, 0.6) is 0 Å². The molecule has 0 saturated carbocycles. The highest BCUT2D eigenvalue weighted by Gasteiger charge is 2.34. The highest BCUT2D eigenvalue weighted by molar-refractivity contribution is 8.26. The van der Waals surface area contributed by atoms with E-state index in [-0.39, 0.29) is 18.3 Å². The second-order valence-corrected chi connectivity index (χ2v) is 9.65. The highest BCUT2D eigenvalue weighted by Crippen LogP contribution is 2.33. The third-order valence-electron chi connectivity index (χ3n) is 4.96. The zero-order valence-corrected chi connectivity index (χ0v) is 19.9. The quantitative estimate of drug-likeness (QED) is 0.382. The van der Waals surface area contributed by atoms with Gasteiger partial charge >= 0.3 is 0 Å². The van der Waals surface area contributed by atoms with Crippen molar-refractivity contribution in [3.63, 3.8) is 0 Å². The van der Waals surface area contributed by atoms with Crippen molar-refractivity contribution in [2.75, 3.05) is 11.9 Å². The molecule has 2 aromatic heterocycles. The maximum Gasteiger partial charge on any atom is 0.266 e. The van der Waals surface area contributed by atoms with Crippen LogP contribution in [0.1, 0.15) is 29.9 Å². The fourth-order valence-electron chi connectivity index (χ4n) is 3.27. The first-order valence-corrected chi connectivity index (χ1v) is 12.1. The largest absolute Gasteiger partial charge is 0.304 e. The third-order valence-corrected chi connectivity index (χ3v) is 7.15. The first-order valence-electron chi connectivity index (χ1n) is 10.0. The Kier molecular flexibility index (Phi) is 6.83. The summed E-state index contributed by atoms with van der Waals surface area (Å²) in [6.07, 6.45) is 3.46. The van der Waals surface area contributed by atoms with Gasteiger partial charge in [0.15, 0.2) is 5.69 Å². The Morgan fingerprint density at radius 1 is 1.25 bits per heavy atom. The summed E-state index contributed by atoms with van der Waals surface area (Å²) in [7, 11) is 0. The Morgan fingerprint density at radius 3 is 2.81 bits per heavy atom. The molecule has 1 aliphatic rings. The van der Waals surface area contributed by atoms with Gasteiger partial charge in [0.25, 0.3) is 5.91 Å². The van der Waals surface area contributed by atoms with Crippen LogP contribution >= 0.6 is 35.3 Å². The monoisotopic (exact) mass is 484 g/mol. The predicted molar refractivity (Wildman–Crippen MR) is 131 cm³/mol. The van der Waals surface area contributed by atoms with Crippen molar-refractivity contribution in [3.05, 3.63) is 56.6 Å². The van der Waals surface area contributed by atoms with Crippen molar-refractivity contribution in [3.8, 4) is 11.3 Å². The Hall–Kier alpha value is -2.82. The molecule has 0 bridgehead atoms. The lowest BCUT2D eigenvalue weighted by Crippen LogP contribution is -2.36. The van der Waals surface area contributed by atoms with Gasteiger partial charge < -0.3 is 5.32 Å². The van der Waals surface area contributed by atoms with E-state index in [9.17, 15) is 9.59 Å². The fourth-order valence-corrected chi connectivity index (χ4v) is 5.25. The van der Waals surface area contributed by atoms with E-state index in [1.807, 2.05) is 23.6 Å². The zero-order valence-electron chi connectivity index (χ0n) is 17.5. The number of hydrogen-bond acceptors (Lipinski definition) is 8. The Balaban J connectivity index is 1.50. The van der Waals surface area contributed by atoms with Crippen LogP contribution in [0.2, 0.25) is 0 Å². The number of nitrogens with one attached hydrogen (secondary N) is 1. The lowest BCUT2D eigenvalue weighted by molar-refractivity contribution is -0.126. The molecule has 0 radical (unpaired) electrons. The van der Waals surface area contributed by atoms with Gasteiger partial charge in [-0.3, -0.25) is 14.5 Å². The van der Waals surface area contributed by atoms with Crippen molar-refractivity contribution in [2.24, 2.45) is 0 Å². The minimum Gasteiger partial charge on any atom is -0.304 e. The van der Waals surface area contributed by atoms with Crippen LogP contribution in [0.4, 0.5) is 5.82 Å². The molecule has 0 unspecified atom stereocenters. The van der Waals surface area contributed by atoms with Crippen LogP contribution in [0, 0.1) is 0 Å². The maximum absolute atomic E-state index is 12.7. The Morgan fingerprint density at radius 2 is 2.09 bits per heavy atom. The second-order valence-electron chi connectivity index (χ2n) is 6.99. The van der Waals surface area contributed by atoms with Crippen LogP contribution in [0.3, 0.4) is 0 Å². The normalized spacial score (nSPS) is 15.1. The number of aromatic nitrogens is 2. The number of thiocarbonyl (C=S) groups is 1. The molecule has 10 heteroatoms. The van der Waals surface area contributed by atoms with Crippen molar-refractivity contribution >= 4 is 63.3 Å². The van der Waals surface area contributed by atoms with Crippen LogP contribution in [0.15, 0.2) is 45.2 Å². The van der Waals surface area contributed by atoms with E-state index in [2.05, 4.69) is 41.6 Å². The molecule has 2 amide bonds. The van der Waals surface area contributed by atoms with E-state index in [0.717, 1.165) is 34.4 Å². The zero-order chi connectivity index (χ0) is 22.7. The van der Waals surface area contributed by atoms with E-state index in [1.165, 1.54) is 28.0 Å². The molecule has 164 valence electrons. The summed E-state index contributed by atoms with van der Waals surface area (Å²) in [5, 5.41) is 12.5. The lowest BCUT2D eigenvalue weighted by atomic mass is 9.98. The van der Waals surface area contributed by atoms with Crippen LogP contribution in [0.25, 0.3) is 17.3 Å². The summed E-state index contributed by atoms with van der Waals surface area (Å²) in [4.78, 5) is 28.2. The van der Waals surface area contributed by atoms with Gasteiger partial charge in [-0.25, -0.2) is 4.63 Å². The minimum atomic E-state index is -0.430. The van der Waals surface area contributed by atoms with Gasteiger partial charge in [0.2, 0.25) is 11.7 Å². The molecule has 0 aliphatic carbocycles. The summed E-state index contributed by atoms with van der Waals surface area (Å²) in [6.45, 7) is 3.91. The predicted octanol–water partition coefficient (Wildman–Crippen LogP) is 4.76. The number of rotatable bonds is 7. The van der Waals surface area contributed by atoms with E-state index < -0.39 is 5.91 Å². The van der Waals surface area contributed by atoms with Crippen molar-refractivity contribution in [1.82, 2.24) is 15.2 Å². The standard InChI is InChI=1S/C22H20N4O3S3/c1-3-13-7-8-14(4-2)16(10-13)19-20(25-29-24-19)23-18(27)12-26-21(28)17(32-22(26)30)11-15-6-5-9-31-15/h5-11H,3-4,12H2,1-2H3,(H,23,25,27)/b17-11-. The summed E-state index contributed by atoms with van der Waals surface area (Å²) in [6, 6.07) is 9.99. The van der Waals surface area contributed by atoms with Gasteiger partial charge in [-0.15, -0.1) is 11.3 Å². The molecule has 1 N–H and O–H groups in total.